The van der Waals surface area contributed by atoms with E-state index in [1.807, 2.05) is 6.92 Å². The third-order valence-corrected chi connectivity index (χ3v) is 5.79. The van der Waals surface area contributed by atoms with E-state index in [1.165, 1.54) is 4.31 Å². The number of methoxy groups -OCH3 is 2. The molecule has 0 radical (unpaired) electrons. The second kappa shape index (κ2) is 6.41. The van der Waals surface area contributed by atoms with Crippen LogP contribution in [0.2, 0.25) is 0 Å². The predicted octanol–water partition coefficient (Wildman–Crippen LogP) is 0.488. The first kappa shape index (κ1) is 16.4. The molecule has 1 saturated heterocycles. The third kappa shape index (κ3) is 3.12. The van der Waals surface area contributed by atoms with Crippen molar-refractivity contribution in [2.75, 3.05) is 27.3 Å². The average Bonchev–Trinajstić information content (AvgIpc) is 2.91. The quantitative estimate of drug-likeness (QED) is 0.855. The molecule has 1 heterocycles. The van der Waals surface area contributed by atoms with Gasteiger partial charge in [0.15, 0.2) is 0 Å². The van der Waals surface area contributed by atoms with Crippen molar-refractivity contribution >= 4 is 10.0 Å². The molecule has 2 atom stereocenters. The molecule has 1 fully saturated rings. The van der Waals surface area contributed by atoms with E-state index in [2.05, 4.69) is 0 Å². The SMILES string of the molecule is COC1CN(S(=O)(=O)c2ccc(C)c(CN)c2)CC1OC. The molecule has 1 aromatic rings. The molecular formula is C14H22N2O4S. The van der Waals surface area contributed by atoms with Gasteiger partial charge in [-0.15, -0.1) is 0 Å². The van der Waals surface area contributed by atoms with Crippen molar-refractivity contribution < 1.29 is 17.9 Å². The maximum absolute atomic E-state index is 12.7. The summed E-state index contributed by atoms with van der Waals surface area (Å²) in [6, 6.07) is 5.05. The number of rotatable bonds is 5. The highest BCUT2D eigenvalue weighted by atomic mass is 32.2. The van der Waals surface area contributed by atoms with Crippen LogP contribution in [0.1, 0.15) is 11.1 Å². The molecule has 1 aromatic carbocycles. The van der Waals surface area contributed by atoms with Crippen LogP contribution in [0.25, 0.3) is 0 Å². The van der Waals surface area contributed by atoms with Gasteiger partial charge in [-0.3, -0.25) is 0 Å². The summed E-state index contributed by atoms with van der Waals surface area (Å²) in [6.45, 7) is 2.82. The minimum absolute atomic E-state index is 0.246. The van der Waals surface area contributed by atoms with Crippen LogP contribution < -0.4 is 5.73 Å². The monoisotopic (exact) mass is 314 g/mol. The van der Waals surface area contributed by atoms with E-state index < -0.39 is 10.0 Å². The van der Waals surface area contributed by atoms with Crippen LogP contribution in [0.5, 0.6) is 0 Å². The Morgan fingerprint density at radius 3 is 2.29 bits per heavy atom. The number of nitrogens with two attached hydrogens (primary N) is 1. The highest BCUT2D eigenvalue weighted by Crippen LogP contribution is 2.25. The van der Waals surface area contributed by atoms with Crippen molar-refractivity contribution in [2.45, 2.75) is 30.6 Å². The summed E-state index contributed by atoms with van der Waals surface area (Å²) in [7, 11) is -0.435. The zero-order valence-corrected chi connectivity index (χ0v) is 13.4. The van der Waals surface area contributed by atoms with Crippen LogP contribution in [0, 0.1) is 6.92 Å². The standard InChI is InChI=1S/C14H22N2O4S/c1-10-4-5-12(6-11(10)7-15)21(17,18)16-8-13(19-2)14(9-16)20-3/h4-6,13-14H,7-9,15H2,1-3H3. The van der Waals surface area contributed by atoms with E-state index in [0.29, 0.717) is 19.6 Å². The van der Waals surface area contributed by atoms with Crippen LogP contribution in [-0.4, -0.2) is 52.2 Å². The molecule has 0 spiro atoms. The molecule has 1 aliphatic rings. The molecule has 0 aromatic heterocycles. The summed E-state index contributed by atoms with van der Waals surface area (Å²) in [5.41, 5.74) is 7.48. The lowest BCUT2D eigenvalue weighted by Gasteiger charge is -2.17. The number of hydrogen-bond donors (Lipinski definition) is 1. The summed E-state index contributed by atoms with van der Waals surface area (Å²) < 4.78 is 37.4. The van der Waals surface area contributed by atoms with Crippen molar-refractivity contribution in [3.8, 4) is 0 Å². The molecule has 0 aliphatic carbocycles. The third-order valence-electron chi connectivity index (χ3n) is 3.97. The second-order valence-electron chi connectivity index (χ2n) is 5.16. The summed E-state index contributed by atoms with van der Waals surface area (Å²) in [5, 5.41) is 0. The highest BCUT2D eigenvalue weighted by molar-refractivity contribution is 7.89. The Morgan fingerprint density at radius 2 is 1.81 bits per heavy atom. The molecule has 0 amide bonds. The Balaban J connectivity index is 2.31. The molecule has 2 rings (SSSR count). The first-order valence-electron chi connectivity index (χ1n) is 6.79. The fourth-order valence-corrected chi connectivity index (χ4v) is 4.05. The van der Waals surface area contributed by atoms with Crippen LogP contribution in [-0.2, 0) is 26.0 Å². The van der Waals surface area contributed by atoms with Crippen molar-refractivity contribution in [3.05, 3.63) is 29.3 Å². The largest absolute Gasteiger partial charge is 0.377 e. The molecular weight excluding hydrogens is 292 g/mol. The zero-order valence-electron chi connectivity index (χ0n) is 12.6. The van der Waals surface area contributed by atoms with Gasteiger partial charge in [0.05, 0.1) is 17.1 Å². The fraction of sp³-hybridized carbons (Fsp3) is 0.571. The zero-order chi connectivity index (χ0) is 15.6. The lowest BCUT2D eigenvalue weighted by Crippen LogP contribution is -2.30. The molecule has 2 unspecified atom stereocenters. The molecule has 0 bridgehead atoms. The number of benzene rings is 1. The van der Waals surface area contributed by atoms with Crippen LogP contribution in [0.4, 0.5) is 0 Å². The highest BCUT2D eigenvalue weighted by Gasteiger charge is 2.39. The van der Waals surface area contributed by atoms with Crippen LogP contribution in [0.15, 0.2) is 23.1 Å². The van der Waals surface area contributed by atoms with Crippen LogP contribution in [0.3, 0.4) is 0 Å². The Bertz CT molecular complexity index is 591. The maximum atomic E-state index is 12.7. The first-order valence-corrected chi connectivity index (χ1v) is 8.23. The number of sulfonamides is 1. The summed E-state index contributed by atoms with van der Waals surface area (Å²) in [5.74, 6) is 0. The van der Waals surface area contributed by atoms with Crippen molar-refractivity contribution in [1.29, 1.82) is 0 Å². The van der Waals surface area contributed by atoms with E-state index in [4.69, 9.17) is 15.2 Å². The van der Waals surface area contributed by atoms with Gasteiger partial charge in [0.2, 0.25) is 10.0 Å². The fourth-order valence-electron chi connectivity index (χ4n) is 2.54. The number of nitrogens with zero attached hydrogens (tertiary/aromatic N) is 1. The predicted molar refractivity (Wildman–Crippen MR) is 79.4 cm³/mol. The maximum Gasteiger partial charge on any atom is 0.243 e. The summed E-state index contributed by atoms with van der Waals surface area (Å²) >= 11 is 0. The van der Waals surface area contributed by atoms with Gasteiger partial charge in [0.1, 0.15) is 0 Å². The van der Waals surface area contributed by atoms with E-state index in [0.717, 1.165) is 11.1 Å². The van der Waals surface area contributed by atoms with E-state index in [-0.39, 0.29) is 17.1 Å². The molecule has 118 valence electrons. The van der Waals surface area contributed by atoms with Gasteiger partial charge < -0.3 is 15.2 Å². The van der Waals surface area contributed by atoms with Gasteiger partial charge in [-0.1, -0.05) is 6.07 Å². The summed E-state index contributed by atoms with van der Waals surface area (Å²) in [4.78, 5) is 0.264. The van der Waals surface area contributed by atoms with E-state index >= 15 is 0 Å². The Kier molecular flexibility index (Phi) is 5.00. The average molecular weight is 314 g/mol. The first-order chi connectivity index (χ1) is 9.93. The molecule has 0 saturated carbocycles. The van der Waals surface area contributed by atoms with E-state index in [9.17, 15) is 8.42 Å². The smallest absolute Gasteiger partial charge is 0.243 e. The minimum atomic E-state index is -3.56. The Morgan fingerprint density at radius 1 is 1.24 bits per heavy atom. The lowest BCUT2D eigenvalue weighted by atomic mass is 10.1. The molecule has 7 heteroatoms. The molecule has 2 N–H and O–H groups in total. The van der Waals surface area contributed by atoms with Crippen molar-refractivity contribution in [3.63, 3.8) is 0 Å². The van der Waals surface area contributed by atoms with Gasteiger partial charge in [-0.25, -0.2) is 8.42 Å². The molecule has 21 heavy (non-hydrogen) atoms. The van der Waals surface area contributed by atoms with Crippen molar-refractivity contribution in [2.24, 2.45) is 5.73 Å². The minimum Gasteiger partial charge on any atom is -0.377 e. The van der Waals surface area contributed by atoms with Gasteiger partial charge in [0.25, 0.3) is 0 Å². The van der Waals surface area contributed by atoms with Crippen LogP contribution >= 0.6 is 0 Å². The Labute approximate surface area is 125 Å². The molecule has 1 aliphatic heterocycles. The van der Waals surface area contributed by atoms with Gasteiger partial charge in [-0.05, 0) is 30.2 Å². The van der Waals surface area contributed by atoms with Crippen molar-refractivity contribution in [1.82, 2.24) is 4.31 Å². The molecule has 6 nitrogen and oxygen atoms in total. The normalized spacial score (nSPS) is 23.6. The van der Waals surface area contributed by atoms with Gasteiger partial charge in [-0.2, -0.15) is 4.31 Å². The second-order valence-corrected chi connectivity index (χ2v) is 7.10. The van der Waals surface area contributed by atoms with Gasteiger partial charge >= 0.3 is 0 Å². The number of hydrogen-bond acceptors (Lipinski definition) is 5. The topological polar surface area (TPSA) is 81.9 Å². The Hall–Kier alpha value is -0.990. The number of ether oxygens (including phenoxy) is 2. The number of aryl methyl sites for hydroxylation is 1. The lowest BCUT2D eigenvalue weighted by molar-refractivity contribution is -0.00461. The summed E-state index contributed by atoms with van der Waals surface area (Å²) in [6.07, 6.45) is -0.492. The van der Waals surface area contributed by atoms with E-state index in [1.54, 1.807) is 32.4 Å². The van der Waals surface area contributed by atoms with Gasteiger partial charge in [0, 0.05) is 33.9 Å².